The number of aryl methyl sites for hydroxylation is 1. The molecule has 2 N–H and O–H groups in total. The second kappa shape index (κ2) is 7.55. The molecule has 0 spiro atoms. The Hall–Kier alpha value is -2.57. The van der Waals surface area contributed by atoms with Crippen LogP contribution in [-0.2, 0) is 12.1 Å². The first-order chi connectivity index (χ1) is 11.7. The summed E-state index contributed by atoms with van der Waals surface area (Å²) in [5.74, 6) is 0.526. The van der Waals surface area contributed by atoms with Crippen LogP contribution < -0.4 is 15.4 Å². The van der Waals surface area contributed by atoms with Crippen LogP contribution >= 0.6 is 0 Å². The molecule has 2 aromatic rings. The Balaban J connectivity index is 1.95. The molecule has 0 fully saturated rings. The van der Waals surface area contributed by atoms with Gasteiger partial charge in [-0.1, -0.05) is 6.07 Å². The number of pyridine rings is 1. The van der Waals surface area contributed by atoms with Crippen molar-refractivity contribution in [2.24, 2.45) is 0 Å². The molecular weight excluding hydrogens is 318 g/mol. The van der Waals surface area contributed by atoms with E-state index in [4.69, 9.17) is 4.74 Å². The van der Waals surface area contributed by atoms with Gasteiger partial charge in [0.15, 0.2) is 0 Å². The molecule has 25 heavy (non-hydrogen) atoms. The number of nitrogens with one attached hydrogen (secondary N) is 2. The van der Waals surface area contributed by atoms with Gasteiger partial charge in [-0.15, -0.1) is 0 Å². The summed E-state index contributed by atoms with van der Waals surface area (Å²) in [4.78, 5) is 16.4. The summed E-state index contributed by atoms with van der Waals surface area (Å²) >= 11 is 0. The van der Waals surface area contributed by atoms with E-state index in [2.05, 4.69) is 41.5 Å². The Bertz CT molecular complexity index is 733. The molecule has 2 aromatic heterocycles. The highest BCUT2D eigenvalue weighted by Gasteiger charge is 2.20. The van der Waals surface area contributed by atoms with E-state index in [0.717, 1.165) is 17.0 Å². The highest BCUT2D eigenvalue weighted by molar-refractivity contribution is 5.74. The van der Waals surface area contributed by atoms with Gasteiger partial charge in [0.1, 0.15) is 0 Å². The predicted octanol–water partition coefficient (Wildman–Crippen LogP) is 2.91. The van der Waals surface area contributed by atoms with E-state index in [1.165, 1.54) is 0 Å². The van der Waals surface area contributed by atoms with Crippen LogP contribution in [0.3, 0.4) is 0 Å². The minimum atomic E-state index is -0.250. The predicted molar refractivity (Wildman–Crippen MR) is 96.5 cm³/mol. The summed E-state index contributed by atoms with van der Waals surface area (Å²) in [6.07, 6.45) is 1.99. The highest BCUT2D eigenvalue weighted by atomic mass is 16.5. The average Bonchev–Trinajstić information content (AvgIpc) is 2.95. The summed E-state index contributed by atoms with van der Waals surface area (Å²) < 4.78 is 7.00. The molecule has 0 saturated heterocycles. The zero-order chi connectivity index (χ0) is 18.6. The van der Waals surface area contributed by atoms with Crippen LogP contribution in [0, 0.1) is 6.92 Å². The van der Waals surface area contributed by atoms with Gasteiger partial charge in [-0.3, -0.25) is 4.68 Å². The van der Waals surface area contributed by atoms with Gasteiger partial charge in [-0.05, 0) is 40.7 Å². The van der Waals surface area contributed by atoms with Crippen molar-refractivity contribution in [2.45, 2.75) is 52.7 Å². The second-order valence-electron chi connectivity index (χ2n) is 7.01. The van der Waals surface area contributed by atoms with Crippen LogP contribution in [0.2, 0.25) is 0 Å². The molecule has 0 bridgehead atoms. The molecule has 2 amide bonds. The van der Waals surface area contributed by atoms with Crippen LogP contribution in [0.5, 0.6) is 5.88 Å². The van der Waals surface area contributed by atoms with E-state index in [9.17, 15) is 4.79 Å². The Morgan fingerprint density at radius 2 is 2.08 bits per heavy atom. The van der Waals surface area contributed by atoms with Crippen molar-refractivity contribution in [1.82, 2.24) is 25.4 Å². The Kier molecular flexibility index (Phi) is 5.66. The fourth-order valence-electron chi connectivity index (χ4n) is 2.41. The van der Waals surface area contributed by atoms with E-state index in [1.54, 1.807) is 13.2 Å². The van der Waals surface area contributed by atoms with Gasteiger partial charge < -0.3 is 15.4 Å². The van der Waals surface area contributed by atoms with Crippen LogP contribution in [0.4, 0.5) is 4.79 Å². The second-order valence-corrected chi connectivity index (χ2v) is 7.01. The van der Waals surface area contributed by atoms with Crippen LogP contribution in [0.1, 0.15) is 50.7 Å². The SMILES string of the molecule is COc1cccc(CNC(=O)N[C@@H](C)c2cn(C(C)(C)C)nc2C)n1. The average molecular weight is 345 g/mol. The van der Waals surface area contributed by atoms with Crippen molar-refractivity contribution in [2.75, 3.05) is 7.11 Å². The number of aromatic nitrogens is 3. The van der Waals surface area contributed by atoms with Crippen molar-refractivity contribution in [3.05, 3.63) is 41.3 Å². The van der Waals surface area contributed by atoms with Crippen LogP contribution in [0.25, 0.3) is 0 Å². The van der Waals surface area contributed by atoms with E-state index < -0.39 is 0 Å². The quantitative estimate of drug-likeness (QED) is 0.873. The number of carbonyl (C=O) groups is 1. The first-order valence-electron chi connectivity index (χ1n) is 8.31. The molecule has 2 rings (SSSR count). The molecule has 0 radical (unpaired) electrons. The summed E-state index contributed by atoms with van der Waals surface area (Å²) in [5.41, 5.74) is 2.56. The van der Waals surface area contributed by atoms with Gasteiger partial charge in [-0.25, -0.2) is 9.78 Å². The molecule has 7 nitrogen and oxygen atoms in total. The molecule has 0 aliphatic heterocycles. The van der Waals surface area contributed by atoms with E-state index in [0.29, 0.717) is 12.4 Å². The van der Waals surface area contributed by atoms with Crippen molar-refractivity contribution in [1.29, 1.82) is 0 Å². The lowest BCUT2D eigenvalue weighted by atomic mass is 10.1. The number of urea groups is 1. The number of carbonyl (C=O) groups excluding carboxylic acids is 1. The van der Waals surface area contributed by atoms with Gasteiger partial charge in [0, 0.05) is 17.8 Å². The maximum absolute atomic E-state index is 12.2. The van der Waals surface area contributed by atoms with E-state index in [1.807, 2.05) is 36.9 Å². The van der Waals surface area contributed by atoms with Crippen LogP contribution in [-0.4, -0.2) is 27.9 Å². The topological polar surface area (TPSA) is 81.1 Å². The molecule has 7 heteroatoms. The third-order valence-corrected chi connectivity index (χ3v) is 3.86. The van der Waals surface area contributed by atoms with E-state index in [-0.39, 0.29) is 17.6 Å². The van der Waals surface area contributed by atoms with Gasteiger partial charge in [0.2, 0.25) is 5.88 Å². The van der Waals surface area contributed by atoms with Crippen molar-refractivity contribution in [3.8, 4) is 5.88 Å². The number of nitrogens with zero attached hydrogens (tertiary/aromatic N) is 3. The smallest absolute Gasteiger partial charge is 0.315 e. The number of methoxy groups -OCH3 is 1. The zero-order valence-electron chi connectivity index (χ0n) is 15.8. The molecule has 0 aromatic carbocycles. The van der Waals surface area contributed by atoms with Crippen LogP contribution in [0.15, 0.2) is 24.4 Å². The Morgan fingerprint density at radius 3 is 2.68 bits per heavy atom. The summed E-state index contributed by atoms with van der Waals surface area (Å²) in [6, 6.07) is 5.05. The monoisotopic (exact) mass is 345 g/mol. The Labute approximate surface area is 148 Å². The fourth-order valence-corrected chi connectivity index (χ4v) is 2.41. The molecule has 2 heterocycles. The molecule has 1 atom stereocenters. The fraction of sp³-hybridized carbons (Fsp3) is 0.500. The third kappa shape index (κ3) is 4.95. The van der Waals surface area contributed by atoms with Crippen molar-refractivity contribution in [3.63, 3.8) is 0 Å². The normalized spacial score (nSPS) is 12.6. The number of hydrogen-bond acceptors (Lipinski definition) is 4. The minimum absolute atomic E-state index is 0.0942. The molecule has 0 aliphatic rings. The largest absolute Gasteiger partial charge is 0.481 e. The molecule has 136 valence electrons. The first kappa shape index (κ1) is 18.8. The highest BCUT2D eigenvalue weighted by Crippen LogP contribution is 2.21. The maximum Gasteiger partial charge on any atom is 0.315 e. The lowest BCUT2D eigenvalue weighted by Gasteiger charge is -2.19. The summed E-state index contributed by atoms with van der Waals surface area (Å²) in [5, 5.41) is 10.3. The summed E-state index contributed by atoms with van der Waals surface area (Å²) in [7, 11) is 1.56. The molecular formula is C18H27N5O2. The lowest BCUT2D eigenvalue weighted by Crippen LogP contribution is -2.36. The maximum atomic E-state index is 12.2. The lowest BCUT2D eigenvalue weighted by molar-refractivity contribution is 0.237. The Morgan fingerprint density at radius 1 is 1.36 bits per heavy atom. The molecule has 0 aliphatic carbocycles. The number of ether oxygens (including phenoxy) is 1. The number of rotatable bonds is 5. The summed E-state index contributed by atoms with van der Waals surface area (Å²) in [6.45, 7) is 10.5. The standard InChI is InChI=1S/C18H27N5O2/c1-12(15-11-23(18(3,4)5)22-13(15)2)20-17(24)19-10-14-8-7-9-16(21-14)25-6/h7-9,11-12H,10H2,1-6H3,(H2,19,20,24)/t12-/m0/s1. The van der Waals surface area contributed by atoms with E-state index >= 15 is 0 Å². The molecule has 0 unspecified atom stereocenters. The van der Waals surface area contributed by atoms with Gasteiger partial charge in [0.05, 0.1) is 36.6 Å². The minimum Gasteiger partial charge on any atom is -0.481 e. The van der Waals surface area contributed by atoms with Crippen molar-refractivity contribution < 1.29 is 9.53 Å². The number of hydrogen-bond donors (Lipinski definition) is 2. The van der Waals surface area contributed by atoms with Gasteiger partial charge in [-0.2, -0.15) is 5.10 Å². The third-order valence-electron chi connectivity index (χ3n) is 3.86. The van der Waals surface area contributed by atoms with Crippen molar-refractivity contribution >= 4 is 6.03 Å². The molecule has 0 saturated carbocycles. The van der Waals surface area contributed by atoms with Gasteiger partial charge in [0.25, 0.3) is 0 Å². The number of amides is 2. The zero-order valence-corrected chi connectivity index (χ0v) is 15.8. The van der Waals surface area contributed by atoms with Gasteiger partial charge >= 0.3 is 6.03 Å². The first-order valence-corrected chi connectivity index (χ1v) is 8.31.